The molecule has 392 valence electrons. The summed E-state index contributed by atoms with van der Waals surface area (Å²) in [5.41, 5.74) is 0. The molecule has 0 aromatic heterocycles. The van der Waals surface area contributed by atoms with Gasteiger partial charge in [0, 0.05) is 12.8 Å². The molecule has 2 rings (SSSR count). The first kappa shape index (κ1) is 61.5. The second-order valence-electron chi connectivity index (χ2n) is 17.3. The molecule has 0 bridgehead atoms. The van der Waals surface area contributed by atoms with Crippen LogP contribution in [-0.4, -0.2) is 142 Å². The zero-order chi connectivity index (χ0) is 50.3. The summed E-state index contributed by atoms with van der Waals surface area (Å²) in [5.74, 6) is -1.08. The Labute approximate surface area is 411 Å². The molecule has 69 heavy (non-hydrogen) atoms. The van der Waals surface area contributed by atoms with Gasteiger partial charge < -0.3 is 64.2 Å². The van der Waals surface area contributed by atoms with Crippen molar-refractivity contribution in [2.45, 2.75) is 203 Å². The molecule has 11 atom stereocenters. The highest BCUT2D eigenvalue weighted by Gasteiger charge is 2.47. The van der Waals surface area contributed by atoms with Crippen LogP contribution in [0.4, 0.5) is 0 Å². The van der Waals surface area contributed by atoms with Crippen LogP contribution in [-0.2, 0) is 38.0 Å². The Kier molecular flexibility index (Phi) is 35.7. The highest BCUT2D eigenvalue weighted by atomic mass is 16.7. The largest absolute Gasteiger partial charge is 0.462 e. The normalized spacial score (nSPS) is 26.4. The van der Waals surface area contributed by atoms with Crippen LogP contribution in [0.15, 0.2) is 97.2 Å². The number of aliphatic hydroxyl groups is 7. The number of hydrogen-bond donors (Lipinski definition) is 7. The lowest BCUT2D eigenvalue weighted by Gasteiger charge is -2.42. The molecular formula is C54H86O15. The number of allylic oxidation sites excluding steroid dienone is 16. The Morgan fingerprint density at radius 2 is 0.942 bits per heavy atom. The molecule has 0 amide bonds. The van der Waals surface area contributed by atoms with Crippen LogP contribution in [0.25, 0.3) is 0 Å². The van der Waals surface area contributed by atoms with Gasteiger partial charge in [-0.3, -0.25) is 9.59 Å². The van der Waals surface area contributed by atoms with E-state index in [2.05, 4.69) is 86.8 Å². The van der Waals surface area contributed by atoms with E-state index in [0.717, 1.165) is 51.4 Å². The predicted molar refractivity (Wildman–Crippen MR) is 265 cm³/mol. The van der Waals surface area contributed by atoms with Gasteiger partial charge in [-0.2, -0.15) is 0 Å². The molecule has 2 fully saturated rings. The average molecular weight is 975 g/mol. The van der Waals surface area contributed by atoms with Crippen molar-refractivity contribution >= 4 is 11.9 Å². The van der Waals surface area contributed by atoms with Gasteiger partial charge in [0.2, 0.25) is 0 Å². The third-order valence-electron chi connectivity index (χ3n) is 11.3. The Morgan fingerprint density at radius 1 is 0.478 bits per heavy atom. The lowest BCUT2D eigenvalue weighted by atomic mass is 9.98. The first-order valence-corrected chi connectivity index (χ1v) is 25.3. The second-order valence-corrected chi connectivity index (χ2v) is 17.3. The molecular weight excluding hydrogens is 889 g/mol. The number of ether oxygens (including phenoxy) is 6. The van der Waals surface area contributed by atoms with Gasteiger partial charge in [-0.05, 0) is 77.0 Å². The minimum atomic E-state index is -1.79. The fraction of sp³-hybridized carbons (Fsp3) is 0.667. The molecule has 0 aliphatic carbocycles. The fourth-order valence-electron chi connectivity index (χ4n) is 7.16. The molecule has 2 saturated heterocycles. The number of rotatable bonds is 37. The molecule has 2 aliphatic heterocycles. The van der Waals surface area contributed by atoms with Gasteiger partial charge in [-0.25, -0.2) is 0 Å². The van der Waals surface area contributed by atoms with Crippen LogP contribution in [0.1, 0.15) is 136 Å². The van der Waals surface area contributed by atoms with Crippen molar-refractivity contribution in [3.05, 3.63) is 97.2 Å². The summed E-state index contributed by atoms with van der Waals surface area (Å²) in [6, 6.07) is 0. The molecule has 0 spiro atoms. The van der Waals surface area contributed by atoms with Crippen molar-refractivity contribution in [1.82, 2.24) is 0 Å². The van der Waals surface area contributed by atoms with Crippen LogP contribution in [0, 0.1) is 0 Å². The molecule has 0 radical (unpaired) electrons. The number of carbonyl (C=O) groups is 2. The van der Waals surface area contributed by atoms with Crippen molar-refractivity contribution in [2.24, 2.45) is 0 Å². The molecule has 2 aliphatic rings. The van der Waals surface area contributed by atoms with E-state index in [9.17, 15) is 45.3 Å². The fourth-order valence-corrected chi connectivity index (χ4v) is 7.16. The van der Waals surface area contributed by atoms with Gasteiger partial charge in [-0.15, -0.1) is 0 Å². The minimum absolute atomic E-state index is 0.0409. The lowest BCUT2D eigenvalue weighted by molar-refractivity contribution is -0.332. The van der Waals surface area contributed by atoms with E-state index >= 15 is 0 Å². The number of unbranched alkanes of at least 4 members (excludes halogenated alkanes) is 7. The maximum atomic E-state index is 12.9. The lowest BCUT2D eigenvalue weighted by Crippen LogP contribution is -2.61. The van der Waals surface area contributed by atoms with Gasteiger partial charge >= 0.3 is 11.9 Å². The average Bonchev–Trinajstić information content (AvgIpc) is 3.34. The van der Waals surface area contributed by atoms with E-state index in [1.807, 2.05) is 24.3 Å². The van der Waals surface area contributed by atoms with Crippen molar-refractivity contribution < 1.29 is 73.8 Å². The highest BCUT2D eigenvalue weighted by Crippen LogP contribution is 2.26. The van der Waals surface area contributed by atoms with Crippen LogP contribution in [0.2, 0.25) is 0 Å². The third-order valence-corrected chi connectivity index (χ3v) is 11.3. The molecule has 5 unspecified atom stereocenters. The smallest absolute Gasteiger partial charge is 0.306 e. The van der Waals surface area contributed by atoms with E-state index in [4.69, 9.17) is 28.4 Å². The summed E-state index contributed by atoms with van der Waals surface area (Å²) in [5, 5.41) is 72.0. The first-order chi connectivity index (χ1) is 33.5. The van der Waals surface area contributed by atoms with Crippen LogP contribution >= 0.6 is 0 Å². The molecule has 2 heterocycles. The van der Waals surface area contributed by atoms with Gasteiger partial charge in [0.1, 0.15) is 55.4 Å². The number of hydrogen-bond acceptors (Lipinski definition) is 15. The molecule has 0 saturated carbocycles. The quantitative estimate of drug-likeness (QED) is 0.0189. The van der Waals surface area contributed by atoms with E-state index in [-0.39, 0.29) is 19.4 Å². The summed E-state index contributed by atoms with van der Waals surface area (Å²) in [4.78, 5) is 25.7. The van der Waals surface area contributed by atoms with Gasteiger partial charge in [0.15, 0.2) is 18.7 Å². The summed E-state index contributed by atoms with van der Waals surface area (Å²) in [6.45, 7) is 2.31. The van der Waals surface area contributed by atoms with E-state index in [0.29, 0.717) is 19.3 Å². The number of carbonyl (C=O) groups excluding carboxylic acids is 2. The molecule has 15 nitrogen and oxygen atoms in total. The molecule has 15 heteroatoms. The zero-order valence-corrected chi connectivity index (χ0v) is 41.2. The summed E-state index contributed by atoms with van der Waals surface area (Å²) in [7, 11) is 0. The third kappa shape index (κ3) is 28.2. The van der Waals surface area contributed by atoms with Crippen molar-refractivity contribution in [3.8, 4) is 0 Å². The standard InChI is InChI=1S/C54H86O15/c1-3-5-7-9-11-13-15-17-18-19-20-21-22-23-25-26-28-30-32-34-36-45(56)64-39-42(67-46(57)37-35-33-31-29-27-24-16-14-12-10-8-6-4-2)40-65-53-52(63)50(61)48(59)44(69-53)41-66-54-51(62)49(60)47(58)43(38-55)68-54/h5,7,11,13,17-18,20-21,23-25,27-28,30-31,33,42-44,47-55,58-63H,3-4,6,8-10,12,14-16,19,22,26,29,32,34-41H2,1-2H3/b7-5+,13-11+,18-17+,21-20+,25-23+,27-24+,30-28+,33-31+/t42?,43-,44-,47+,48+,49?,50?,51?,52?,53-,54-/m1/s1. The summed E-state index contributed by atoms with van der Waals surface area (Å²) in [6.07, 6.45) is 33.2. The van der Waals surface area contributed by atoms with Crippen molar-refractivity contribution in [2.75, 3.05) is 26.4 Å². The number of aliphatic hydroxyl groups excluding tert-OH is 7. The summed E-state index contributed by atoms with van der Waals surface area (Å²) < 4.78 is 33.4. The maximum absolute atomic E-state index is 12.9. The SMILES string of the molecule is CC/C=C/C/C=C/C/C=C/C/C=C/C/C=C/C/C=C/CCCC(=O)OCC(CO[C@@H]1O[C@H](CO[C@@H]2O[C@H](CO)[C@H](O)C(O)C2O)[C@H](O)C(O)C1O)OC(=O)CC/C=C/C/C=C/CCCCCCCC. The van der Waals surface area contributed by atoms with Crippen molar-refractivity contribution in [3.63, 3.8) is 0 Å². The zero-order valence-electron chi connectivity index (χ0n) is 41.2. The monoisotopic (exact) mass is 975 g/mol. The maximum Gasteiger partial charge on any atom is 0.306 e. The Bertz CT molecular complexity index is 1570. The van der Waals surface area contributed by atoms with E-state index in [1.54, 1.807) is 0 Å². The topological polar surface area (TPSA) is 231 Å². The Morgan fingerprint density at radius 3 is 1.49 bits per heavy atom. The molecule has 0 aromatic carbocycles. The van der Waals surface area contributed by atoms with Crippen molar-refractivity contribution in [1.29, 1.82) is 0 Å². The number of esters is 2. The molecule has 7 N–H and O–H groups in total. The highest BCUT2D eigenvalue weighted by molar-refractivity contribution is 5.70. The van der Waals surface area contributed by atoms with Crippen LogP contribution in [0.5, 0.6) is 0 Å². The van der Waals surface area contributed by atoms with E-state index < -0.39 is 99.3 Å². The second kappa shape index (κ2) is 40.1. The van der Waals surface area contributed by atoms with Gasteiger partial charge in [-0.1, -0.05) is 143 Å². The predicted octanol–water partition coefficient (Wildman–Crippen LogP) is 6.98. The van der Waals surface area contributed by atoms with Crippen LogP contribution < -0.4 is 0 Å². The van der Waals surface area contributed by atoms with Gasteiger partial charge in [0.05, 0.1) is 19.8 Å². The van der Waals surface area contributed by atoms with Gasteiger partial charge in [0.25, 0.3) is 0 Å². The first-order valence-electron chi connectivity index (χ1n) is 25.3. The molecule has 0 aromatic rings. The minimum Gasteiger partial charge on any atom is -0.462 e. The summed E-state index contributed by atoms with van der Waals surface area (Å²) >= 11 is 0. The van der Waals surface area contributed by atoms with Crippen LogP contribution in [0.3, 0.4) is 0 Å². The van der Waals surface area contributed by atoms with E-state index in [1.165, 1.54) is 38.5 Å². The Balaban J connectivity index is 1.86. The Hall–Kier alpha value is -3.58.